The number of sulfone groups is 1. The third kappa shape index (κ3) is 3.02. The SMILES string of the molecule is CC(C)(CNC(=O)[C@H]1CC1(Cl)Cl)S(C)(=O)=O. The van der Waals surface area contributed by atoms with Gasteiger partial charge < -0.3 is 5.32 Å². The van der Waals surface area contributed by atoms with Crippen LogP contribution >= 0.6 is 23.2 Å². The maximum absolute atomic E-state index is 11.5. The number of carbonyl (C=O) groups is 1. The first-order chi connectivity index (χ1) is 6.97. The lowest BCUT2D eigenvalue weighted by molar-refractivity contribution is -0.122. The molecule has 0 unspecified atom stereocenters. The highest BCUT2D eigenvalue weighted by atomic mass is 35.5. The fraction of sp³-hybridized carbons (Fsp3) is 0.889. The number of halogens is 2. The summed E-state index contributed by atoms with van der Waals surface area (Å²) in [6, 6.07) is 0. The molecule has 0 aromatic rings. The summed E-state index contributed by atoms with van der Waals surface area (Å²) in [5, 5.41) is 2.56. The maximum Gasteiger partial charge on any atom is 0.226 e. The van der Waals surface area contributed by atoms with Crippen LogP contribution in [0.5, 0.6) is 0 Å². The van der Waals surface area contributed by atoms with E-state index in [-0.39, 0.29) is 12.5 Å². The van der Waals surface area contributed by atoms with Gasteiger partial charge in [0, 0.05) is 12.8 Å². The molecule has 1 rings (SSSR count). The van der Waals surface area contributed by atoms with E-state index in [0.29, 0.717) is 6.42 Å². The van der Waals surface area contributed by atoms with Gasteiger partial charge >= 0.3 is 0 Å². The zero-order valence-electron chi connectivity index (χ0n) is 9.38. The van der Waals surface area contributed by atoms with E-state index in [0.717, 1.165) is 6.26 Å². The second-order valence-electron chi connectivity index (χ2n) is 4.77. The molecule has 1 amide bonds. The maximum atomic E-state index is 11.5. The van der Waals surface area contributed by atoms with Gasteiger partial charge in [0.2, 0.25) is 5.91 Å². The van der Waals surface area contributed by atoms with E-state index in [2.05, 4.69) is 5.32 Å². The number of carbonyl (C=O) groups excluding carboxylic acids is 1. The van der Waals surface area contributed by atoms with E-state index in [1.54, 1.807) is 13.8 Å². The summed E-state index contributed by atoms with van der Waals surface area (Å²) in [5.74, 6) is -0.715. The quantitative estimate of drug-likeness (QED) is 0.788. The second kappa shape index (κ2) is 4.03. The van der Waals surface area contributed by atoms with Crippen molar-refractivity contribution in [2.75, 3.05) is 12.8 Å². The van der Waals surface area contributed by atoms with Gasteiger partial charge in [-0.1, -0.05) is 0 Å². The fourth-order valence-electron chi connectivity index (χ4n) is 1.05. The zero-order chi connectivity index (χ0) is 12.8. The van der Waals surface area contributed by atoms with Crippen LogP contribution in [0.2, 0.25) is 0 Å². The summed E-state index contributed by atoms with van der Waals surface area (Å²) in [4.78, 5) is 11.5. The normalized spacial score (nSPS) is 23.9. The van der Waals surface area contributed by atoms with E-state index in [4.69, 9.17) is 23.2 Å². The summed E-state index contributed by atoms with van der Waals surface area (Å²) in [7, 11) is -3.21. The Morgan fingerprint density at radius 2 is 1.94 bits per heavy atom. The summed E-state index contributed by atoms with van der Waals surface area (Å²) >= 11 is 11.5. The predicted octanol–water partition coefficient (Wildman–Crippen LogP) is 1.12. The van der Waals surface area contributed by atoms with Crippen molar-refractivity contribution in [3.8, 4) is 0 Å². The molecule has 0 aromatic heterocycles. The lowest BCUT2D eigenvalue weighted by atomic mass is 10.2. The second-order valence-corrected chi connectivity index (χ2v) is 8.96. The molecule has 1 atom stereocenters. The highest BCUT2D eigenvalue weighted by molar-refractivity contribution is 7.92. The number of alkyl halides is 2. The Morgan fingerprint density at radius 1 is 1.50 bits per heavy atom. The highest BCUT2D eigenvalue weighted by Crippen LogP contribution is 2.53. The summed E-state index contributed by atoms with van der Waals surface area (Å²) in [6.07, 6.45) is 1.56. The molecule has 0 radical (unpaired) electrons. The van der Waals surface area contributed by atoms with Crippen molar-refractivity contribution in [3.63, 3.8) is 0 Å². The van der Waals surface area contributed by atoms with Crippen LogP contribution in [0.15, 0.2) is 0 Å². The minimum Gasteiger partial charge on any atom is -0.354 e. The van der Waals surface area contributed by atoms with Gasteiger partial charge in [0.25, 0.3) is 0 Å². The average Bonchev–Trinajstić information content (AvgIpc) is 2.69. The Kier molecular flexibility index (Phi) is 3.54. The standard InChI is InChI=1S/C9H15Cl2NO3S/c1-8(2,16(3,14)15)5-12-7(13)6-4-9(6,10)11/h6H,4-5H2,1-3H3,(H,12,13)/t6-/m1/s1. The highest BCUT2D eigenvalue weighted by Gasteiger charge is 2.56. The van der Waals surface area contributed by atoms with Crippen molar-refractivity contribution < 1.29 is 13.2 Å². The molecule has 0 spiro atoms. The first-order valence-corrected chi connectivity index (χ1v) is 7.47. The Labute approximate surface area is 106 Å². The number of amides is 1. The smallest absolute Gasteiger partial charge is 0.226 e. The Balaban J connectivity index is 2.51. The van der Waals surface area contributed by atoms with Crippen molar-refractivity contribution in [1.82, 2.24) is 5.32 Å². The van der Waals surface area contributed by atoms with E-state index < -0.39 is 24.8 Å². The molecule has 7 heteroatoms. The minimum absolute atomic E-state index is 0.0605. The number of hydrogen-bond donors (Lipinski definition) is 1. The topological polar surface area (TPSA) is 63.2 Å². The van der Waals surface area contributed by atoms with Crippen LogP contribution in [-0.2, 0) is 14.6 Å². The van der Waals surface area contributed by atoms with Gasteiger partial charge in [-0.15, -0.1) is 23.2 Å². The van der Waals surface area contributed by atoms with E-state index in [1.165, 1.54) is 0 Å². The molecule has 4 nitrogen and oxygen atoms in total. The van der Waals surface area contributed by atoms with Crippen LogP contribution in [0.3, 0.4) is 0 Å². The van der Waals surface area contributed by atoms with Gasteiger partial charge in [-0.25, -0.2) is 8.42 Å². The lowest BCUT2D eigenvalue weighted by Crippen LogP contribution is -2.44. The Morgan fingerprint density at radius 3 is 2.25 bits per heavy atom. The number of hydrogen-bond acceptors (Lipinski definition) is 3. The molecule has 1 fully saturated rings. The lowest BCUT2D eigenvalue weighted by Gasteiger charge is -2.22. The van der Waals surface area contributed by atoms with Crippen LogP contribution in [0.4, 0.5) is 0 Å². The molecule has 1 aliphatic rings. The molecule has 1 saturated carbocycles. The minimum atomic E-state index is -3.21. The molecule has 1 aliphatic carbocycles. The molecule has 0 aliphatic heterocycles. The average molecular weight is 288 g/mol. The molecule has 0 saturated heterocycles. The van der Waals surface area contributed by atoms with Gasteiger partial charge in [0.05, 0.1) is 10.7 Å². The fourth-order valence-corrected chi connectivity index (χ4v) is 1.89. The molecule has 16 heavy (non-hydrogen) atoms. The van der Waals surface area contributed by atoms with Crippen LogP contribution in [0.25, 0.3) is 0 Å². The predicted molar refractivity (Wildman–Crippen MR) is 64.5 cm³/mol. The summed E-state index contributed by atoms with van der Waals surface area (Å²) < 4.78 is 20.8. The largest absolute Gasteiger partial charge is 0.354 e. The van der Waals surface area contributed by atoms with Crippen molar-refractivity contribution in [3.05, 3.63) is 0 Å². The summed E-state index contributed by atoms with van der Waals surface area (Å²) in [6.45, 7) is 3.18. The molecule has 1 N–H and O–H groups in total. The number of nitrogens with one attached hydrogen (secondary N) is 1. The van der Waals surface area contributed by atoms with Crippen molar-refractivity contribution in [1.29, 1.82) is 0 Å². The monoisotopic (exact) mass is 287 g/mol. The van der Waals surface area contributed by atoms with Gasteiger partial charge in [-0.05, 0) is 20.3 Å². The first-order valence-electron chi connectivity index (χ1n) is 4.82. The molecule has 0 heterocycles. The Hall–Kier alpha value is -0.000000000000000111. The third-order valence-electron chi connectivity index (χ3n) is 2.83. The van der Waals surface area contributed by atoms with Gasteiger partial charge in [0.15, 0.2) is 9.84 Å². The first kappa shape index (κ1) is 14.1. The molecule has 94 valence electrons. The van der Waals surface area contributed by atoms with Crippen LogP contribution in [0, 0.1) is 5.92 Å². The molecule has 0 bridgehead atoms. The molecular weight excluding hydrogens is 273 g/mol. The van der Waals surface area contributed by atoms with E-state index in [1.807, 2.05) is 0 Å². The Bertz CT molecular complexity index is 403. The van der Waals surface area contributed by atoms with Crippen LogP contribution in [0.1, 0.15) is 20.3 Å². The van der Waals surface area contributed by atoms with Crippen molar-refractivity contribution in [2.24, 2.45) is 5.92 Å². The van der Waals surface area contributed by atoms with Gasteiger partial charge in [-0.3, -0.25) is 4.79 Å². The molecule has 0 aromatic carbocycles. The van der Waals surface area contributed by atoms with E-state index >= 15 is 0 Å². The zero-order valence-corrected chi connectivity index (χ0v) is 11.7. The van der Waals surface area contributed by atoms with Gasteiger partial charge in [0.1, 0.15) is 4.33 Å². The van der Waals surface area contributed by atoms with Crippen molar-refractivity contribution >= 4 is 38.9 Å². The molecular formula is C9H15Cl2NO3S. The third-order valence-corrected chi connectivity index (χ3v) is 5.82. The summed E-state index contributed by atoms with van der Waals surface area (Å²) in [5.41, 5.74) is 0. The van der Waals surface area contributed by atoms with Crippen LogP contribution in [-0.4, -0.2) is 36.2 Å². The van der Waals surface area contributed by atoms with Crippen LogP contribution < -0.4 is 5.32 Å². The van der Waals surface area contributed by atoms with E-state index in [9.17, 15) is 13.2 Å². The number of rotatable bonds is 4. The van der Waals surface area contributed by atoms with Gasteiger partial charge in [-0.2, -0.15) is 0 Å². The van der Waals surface area contributed by atoms with Crippen molar-refractivity contribution in [2.45, 2.75) is 29.3 Å².